The zero-order valence-corrected chi connectivity index (χ0v) is 16.9. The first kappa shape index (κ1) is 19.3. The van der Waals surface area contributed by atoms with E-state index < -0.39 is 0 Å². The van der Waals surface area contributed by atoms with Crippen LogP contribution in [0.3, 0.4) is 0 Å². The number of anilines is 1. The quantitative estimate of drug-likeness (QED) is 0.650. The second-order valence-electron chi connectivity index (χ2n) is 6.36. The summed E-state index contributed by atoms with van der Waals surface area (Å²) < 4.78 is 6.37. The Hall–Kier alpha value is -2.44. The molecule has 0 fully saturated rings. The smallest absolute Gasteiger partial charge is 0.260 e. The molecule has 3 rings (SSSR count). The van der Waals surface area contributed by atoms with Crippen LogP contribution in [0, 0.1) is 0 Å². The van der Waals surface area contributed by atoms with Crippen LogP contribution in [0.25, 0.3) is 10.2 Å². The van der Waals surface area contributed by atoms with Gasteiger partial charge in [-0.1, -0.05) is 29.5 Å². The summed E-state index contributed by atoms with van der Waals surface area (Å²) in [6, 6.07) is 15.3. The molecule has 0 atom stereocenters. The Balaban J connectivity index is 1.94. The number of nitrogens with one attached hydrogen (secondary N) is 1. The maximum absolute atomic E-state index is 13.3. The number of hydrogen-bond acceptors (Lipinski definition) is 4. The SMILES string of the molecule is CC[NH+](CC)CCN(C(=O)c1cccc(OC)c1)c1nc2ccccc2s1. The summed E-state index contributed by atoms with van der Waals surface area (Å²) in [7, 11) is 1.61. The van der Waals surface area contributed by atoms with Crippen LogP contribution in [0.5, 0.6) is 5.75 Å². The van der Waals surface area contributed by atoms with Gasteiger partial charge in [-0.05, 0) is 44.2 Å². The highest BCUT2D eigenvalue weighted by molar-refractivity contribution is 7.22. The van der Waals surface area contributed by atoms with Crippen LogP contribution in [0.2, 0.25) is 0 Å². The topological polar surface area (TPSA) is 46.9 Å². The van der Waals surface area contributed by atoms with E-state index in [-0.39, 0.29) is 5.91 Å². The summed E-state index contributed by atoms with van der Waals surface area (Å²) in [6.45, 7) is 7.94. The largest absolute Gasteiger partial charge is 0.497 e. The predicted molar refractivity (Wildman–Crippen MR) is 111 cm³/mol. The fourth-order valence-electron chi connectivity index (χ4n) is 3.04. The van der Waals surface area contributed by atoms with E-state index in [4.69, 9.17) is 9.72 Å². The van der Waals surface area contributed by atoms with Crippen molar-refractivity contribution in [2.45, 2.75) is 13.8 Å². The minimum Gasteiger partial charge on any atom is -0.497 e. The van der Waals surface area contributed by atoms with Gasteiger partial charge in [0.2, 0.25) is 0 Å². The lowest BCUT2D eigenvalue weighted by atomic mass is 10.2. The molecular weight excluding hydrogens is 358 g/mol. The number of quaternary nitrogens is 1. The molecule has 6 heteroatoms. The Labute approximate surface area is 164 Å². The molecule has 0 aliphatic rings. The van der Waals surface area contributed by atoms with E-state index in [1.54, 1.807) is 24.5 Å². The number of benzene rings is 2. The zero-order chi connectivity index (χ0) is 19.2. The van der Waals surface area contributed by atoms with Crippen molar-refractivity contribution >= 4 is 32.6 Å². The van der Waals surface area contributed by atoms with E-state index in [0.29, 0.717) is 17.9 Å². The predicted octanol–water partition coefficient (Wildman–Crippen LogP) is 2.88. The number of fused-ring (bicyclic) bond motifs is 1. The number of para-hydroxylation sites is 1. The highest BCUT2D eigenvalue weighted by atomic mass is 32.1. The standard InChI is InChI=1S/C21H25N3O2S/c1-4-23(5-2)13-14-24(20(25)16-9-8-10-17(15-16)26-3)21-22-18-11-6-7-12-19(18)27-21/h6-12,15H,4-5,13-14H2,1-3H3/p+1. The van der Waals surface area contributed by atoms with Gasteiger partial charge in [0.05, 0.1) is 43.5 Å². The fraction of sp³-hybridized carbons (Fsp3) is 0.333. The molecule has 0 bridgehead atoms. The van der Waals surface area contributed by atoms with Gasteiger partial charge in [-0.25, -0.2) is 4.98 Å². The summed E-state index contributed by atoms with van der Waals surface area (Å²) in [5.41, 5.74) is 1.54. The molecule has 3 aromatic rings. The van der Waals surface area contributed by atoms with Crippen LogP contribution in [-0.4, -0.2) is 44.2 Å². The molecule has 0 aliphatic carbocycles. The van der Waals surface area contributed by atoms with Crippen molar-refractivity contribution in [1.29, 1.82) is 0 Å². The maximum atomic E-state index is 13.3. The molecule has 2 aromatic carbocycles. The van der Waals surface area contributed by atoms with Crippen molar-refractivity contribution < 1.29 is 14.4 Å². The van der Waals surface area contributed by atoms with Crippen LogP contribution in [-0.2, 0) is 0 Å². The Kier molecular flexibility index (Phi) is 6.42. The molecule has 5 nitrogen and oxygen atoms in total. The second kappa shape index (κ2) is 8.97. The fourth-order valence-corrected chi connectivity index (χ4v) is 4.03. The number of amides is 1. The summed E-state index contributed by atoms with van der Waals surface area (Å²) in [6.07, 6.45) is 0. The molecule has 0 aliphatic heterocycles. The summed E-state index contributed by atoms with van der Waals surface area (Å²) >= 11 is 1.56. The number of hydrogen-bond donors (Lipinski definition) is 1. The highest BCUT2D eigenvalue weighted by Crippen LogP contribution is 2.29. The van der Waals surface area contributed by atoms with Gasteiger partial charge in [-0.3, -0.25) is 9.69 Å². The molecule has 1 amide bonds. The molecule has 1 N–H and O–H groups in total. The van der Waals surface area contributed by atoms with E-state index in [1.165, 1.54) is 4.90 Å². The molecule has 0 unspecified atom stereocenters. The molecule has 0 spiro atoms. The average molecular weight is 385 g/mol. The van der Waals surface area contributed by atoms with E-state index in [0.717, 1.165) is 35.0 Å². The minimum atomic E-state index is -0.0421. The number of carbonyl (C=O) groups is 1. The third-order valence-electron chi connectivity index (χ3n) is 4.76. The first-order valence-corrected chi connectivity index (χ1v) is 10.1. The van der Waals surface area contributed by atoms with Crippen molar-refractivity contribution in [3.63, 3.8) is 0 Å². The molecule has 1 heterocycles. The number of aromatic nitrogens is 1. The van der Waals surface area contributed by atoms with Gasteiger partial charge in [-0.15, -0.1) is 0 Å². The number of methoxy groups -OCH3 is 1. The number of rotatable bonds is 8. The summed E-state index contributed by atoms with van der Waals surface area (Å²) in [5, 5.41) is 0.746. The van der Waals surface area contributed by atoms with Crippen LogP contribution in [0.1, 0.15) is 24.2 Å². The average Bonchev–Trinajstić information content (AvgIpc) is 3.14. The van der Waals surface area contributed by atoms with Crippen molar-refractivity contribution in [3.05, 3.63) is 54.1 Å². The number of ether oxygens (including phenoxy) is 1. The van der Waals surface area contributed by atoms with Crippen molar-refractivity contribution in [2.24, 2.45) is 0 Å². The number of carbonyl (C=O) groups excluding carboxylic acids is 1. The molecule has 0 radical (unpaired) electrons. The molecule has 1 aromatic heterocycles. The Bertz CT molecular complexity index is 872. The van der Waals surface area contributed by atoms with Gasteiger partial charge in [0.25, 0.3) is 5.91 Å². The number of nitrogens with zero attached hydrogens (tertiary/aromatic N) is 2. The van der Waals surface area contributed by atoms with Gasteiger partial charge in [-0.2, -0.15) is 0 Å². The first-order chi connectivity index (χ1) is 13.2. The molecule has 27 heavy (non-hydrogen) atoms. The molecule has 0 saturated carbocycles. The lowest BCUT2D eigenvalue weighted by molar-refractivity contribution is -0.894. The Morgan fingerprint density at radius 2 is 1.93 bits per heavy atom. The van der Waals surface area contributed by atoms with Gasteiger partial charge in [0.1, 0.15) is 5.75 Å². The van der Waals surface area contributed by atoms with Gasteiger partial charge < -0.3 is 9.64 Å². The summed E-state index contributed by atoms with van der Waals surface area (Å²) in [4.78, 5) is 21.3. The van der Waals surface area contributed by atoms with Crippen LogP contribution in [0.4, 0.5) is 5.13 Å². The highest BCUT2D eigenvalue weighted by Gasteiger charge is 2.23. The monoisotopic (exact) mass is 384 g/mol. The third kappa shape index (κ3) is 4.46. The molecule has 142 valence electrons. The van der Waals surface area contributed by atoms with Crippen LogP contribution in [0.15, 0.2) is 48.5 Å². The van der Waals surface area contributed by atoms with E-state index in [2.05, 4.69) is 13.8 Å². The van der Waals surface area contributed by atoms with E-state index in [1.807, 2.05) is 47.4 Å². The maximum Gasteiger partial charge on any atom is 0.260 e. The number of likely N-dealkylation sites (N-methyl/N-ethyl adjacent to an activating group) is 1. The zero-order valence-electron chi connectivity index (χ0n) is 16.1. The lowest BCUT2D eigenvalue weighted by Gasteiger charge is -2.23. The van der Waals surface area contributed by atoms with Gasteiger partial charge in [0, 0.05) is 5.56 Å². The van der Waals surface area contributed by atoms with E-state index in [9.17, 15) is 4.79 Å². The normalized spacial score (nSPS) is 11.1. The van der Waals surface area contributed by atoms with Gasteiger partial charge in [0.15, 0.2) is 5.13 Å². The molecular formula is C21H26N3O2S+. The Morgan fingerprint density at radius 3 is 2.63 bits per heavy atom. The van der Waals surface area contributed by atoms with Crippen molar-refractivity contribution in [1.82, 2.24) is 4.98 Å². The minimum absolute atomic E-state index is 0.0421. The van der Waals surface area contributed by atoms with Gasteiger partial charge >= 0.3 is 0 Å². The van der Waals surface area contributed by atoms with Crippen molar-refractivity contribution in [3.8, 4) is 5.75 Å². The van der Waals surface area contributed by atoms with Crippen LogP contribution >= 0.6 is 11.3 Å². The number of thiazole rings is 1. The van der Waals surface area contributed by atoms with Crippen molar-refractivity contribution in [2.75, 3.05) is 38.2 Å². The second-order valence-corrected chi connectivity index (χ2v) is 7.37. The van der Waals surface area contributed by atoms with Crippen LogP contribution < -0.4 is 14.5 Å². The Morgan fingerprint density at radius 1 is 1.15 bits per heavy atom. The van der Waals surface area contributed by atoms with E-state index >= 15 is 0 Å². The lowest BCUT2D eigenvalue weighted by Crippen LogP contribution is -3.12. The first-order valence-electron chi connectivity index (χ1n) is 9.31. The third-order valence-corrected chi connectivity index (χ3v) is 5.82. The molecule has 0 saturated heterocycles. The summed E-state index contributed by atoms with van der Waals surface area (Å²) in [5.74, 6) is 0.638.